The second-order valence-corrected chi connectivity index (χ2v) is 7.23. The number of anilines is 1. The van der Waals surface area contributed by atoms with Gasteiger partial charge in [-0.3, -0.25) is 9.59 Å². The van der Waals surface area contributed by atoms with Crippen LogP contribution in [0.1, 0.15) is 66.9 Å². The molecular weight excluding hydrogens is 368 g/mol. The molecule has 0 radical (unpaired) electrons. The first-order chi connectivity index (χ1) is 14.0. The summed E-state index contributed by atoms with van der Waals surface area (Å²) in [5.74, 6) is 1.06. The smallest absolute Gasteiger partial charge is 0.259 e. The first-order valence-electron chi connectivity index (χ1n) is 10.1. The molecule has 2 amide bonds. The van der Waals surface area contributed by atoms with Gasteiger partial charge >= 0.3 is 0 Å². The number of para-hydroxylation sites is 2. The number of rotatable bonds is 6. The molecule has 1 atom stereocenters. The van der Waals surface area contributed by atoms with Gasteiger partial charge in [-0.05, 0) is 44.7 Å². The van der Waals surface area contributed by atoms with Crippen LogP contribution in [0.3, 0.4) is 0 Å². The largest absolute Gasteiger partial charge is 0.495 e. The molecule has 0 bridgehead atoms. The summed E-state index contributed by atoms with van der Waals surface area (Å²) >= 11 is 0. The number of amides is 2. The number of hydrogen-bond donors (Lipinski definition) is 1. The number of likely N-dealkylation sites (tertiary alicyclic amines) is 1. The van der Waals surface area contributed by atoms with Crippen molar-refractivity contribution in [1.29, 1.82) is 0 Å². The molecule has 1 saturated heterocycles. The maximum atomic E-state index is 12.7. The number of carbonyl (C=O) groups excluding carboxylic acids is 2. The van der Waals surface area contributed by atoms with Crippen molar-refractivity contribution in [2.24, 2.45) is 0 Å². The quantitative estimate of drug-likeness (QED) is 0.800. The van der Waals surface area contributed by atoms with E-state index in [1.165, 1.54) is 0 Å². The Labute approximate surface area is 171 Å². The Balaban J connectivity index is 1.80. The van der Waals surface area contributed by atoms with Gasteiger partial charge in [-0.25, -0.2) is 9.97 Å². The number of hydrogen-bond acceptors (Lipinski definition) is 5. The van der Waals surface area contributed by atoms with Crippen LogP contribution in [-0.4, -0.2) is 40.3 Å². The summed E-state index contributed by atoms with van der Waals surface area (Å²) in [6, 6.07) is 7.11. The zero-order valence-corrected chi connectivity index (χ0v) is 17.3. The number of methoxy groups -OCH3 is 1. The first-order valence-corrected chi connectivity index (χ1v) is 10.1. The van der Waals surface area contributed by atoms with E-state index in [4.69, 9.17) is 4.74 Å². The summed E-state index contributed by atoms with van der Waals surface area (Å²) in [5.41, 5.74) is 1.59. The van der Waals surface area contributed by atoms with Crippen molar-refractivity contribution in [1.82, 2.24) is 14.9 Å². The van der Waals surface area contributed by atoms with E-state index in [0.717, 1.165) is 32.2 Å². The predicted octanol–water partition coefficient (Wildman–Crippen LogP) is 3.90. The van der Waals surface area contributed by atoms with Crippen LogP contribution in [0.2, 0.25) is 0 Å². The van der Waals surface area contributed by atoms with E-state index in [1.807, 2.05) is 24.0 Å². The molecule has 29 heavy (non-hydrogen) atoms. The molecule has 3 rings (SSSR count). The zero-order chi connectivity index (χ0) is 20.8. The van der Waals surface area contributed by atoms with E-state index in [0.29, 0.717) is 34.9 Å². The molecule has 1 fully saturated rings. The Morgan fingerprint density at radius 1 is 1.28 bits per heavy atom. The van der Waals surface area contributed by atoms with E-state index in [9.17, 15) is 9.59 Å². The maximum Gasteiger partial charge on any atom is 0.259 e. The van der Waals surface area contributed by atoms with Crippen molar-refractivity contribution in [3.8, 4) is 5.75 Å². The molecule has 0 unspecified atom stereocenters. The van der Waals surface area contributed by atoms with Crippen LogP contribution in [0.15, 0.2) is 30.5 Å². The molecule has 1 N–H and O–H groups in total. The molecule has 7 nitrogen and oxygen atoms in total. The van der Waals surface area contributed by atoms with Gasteiger partial charge in [-0.1, -0.05) is 19.1 Å². The lowest BCUT2D eigenvalue weighted by atomic mass is 10.0. The van der Waals surface area contributed by atoms with E-state index in [1.54, 1.807) is 32.4 Å². The minimum Gasteiger partial charge on any atom is -0.495 e. The minimum atomic E-state index is -0.291. The van der Waals surface area contributed by atoms with Crippen LogP contribution in [-0.2, 0) is 4.79 Å². The van der Waals surface area contributed by atoms with Gasteiger partial charge < -0.3 is 15.0 Å². The number of aryl methyl sites for hydroxylation is 1. The van der Waals surface area contributed by atoms with Crippen molar-refractivity contribution < 1.29 is 14.3 Å². The molecule has 1 aromatic heterocycles. The van der Waals surface area contributed by atoms with E-state index in [-0.39, 0.29) is 17.9 Å². The lowest BCUT2D eigenvalue weighted by molar-refractivity contribution is -0.135. The Morgan fingerprint density at radius 3 is 2.79 bits per heavy atom. The number of piperidine rings is 1. The average Bonchev–Trinajstić information content (AvgIpc) is 2.74. The third-order valence-corrected chi connectivity index (χ3v) is 5.18. The standard InChI is InChI=1S/C22H28N4O3/c1-4-9-20(27)26-13-8-7-11-18(26)21-23-14-16(15(2)24-21)22(28)25-17-10-5-6-12-19(17)29-3/h5-6,10,12,14,18H,4,7-9,11,13H2,1-3H3,(H,25,28)/t18-/m1/s1. The van der Waals surface area contributed by atoms with Gasteiger partial charge in [0.05, 0.1) is 30.1 Å². The van der Waals surface area contributed by atoms with Crippen LogP contribution in [0, 0.1) is 6.92 Å². The molecule has 2 aromatic rings. The molecule has 1 aliphatic heterocycles. The van der Waals surface area contributed by atoms with Gasteiger partial charge in [0.15, 0.2) is 5.82 Å². The third kappa shape index (κ3) is 4.72. The summed E-state index contributed by atoms with van der Waals surface area (Å²) in [6.07, 6.45) is 5.81. The van der Waals surface area contributed by atoms with E-state index < -0.39 is 0 Å². The summed E-state index contributed by atoms with van der Waals surface area (Å²) in [4.78, 5) is 36.2. The molecule has 0 saturated carbocycles. The minimum absolute atomic E-state index is 0.118. The second kappa shape index (κ2) is 9.49. The van der Waals surface area contributed by atoms with Crippen LogP contribution < -0.4 is 10.1 Å². The van der Waals surface area contributed by atoms with Gasteiger partial charge in [-0.2, -0.15) is 0 Å². The van der Waals surface area contributed by atoms with Crippen LogP contribution in [0.5, 0.6) is 5.75 Å². The monoisotopic (exact) mass is 396 g/mol. The van der Waals surface area contributed by atoms with Crippen molar-refractivity contribution in [3.05, 3.63) is 47.5 Å². The SMILES string of the molecule is CCCC(=O)N1CCCC[C@@H]1c1ncc(C(=O)Nc2ccccc2OC)c(C)n1. The highest BCUT2D eigenvalue weighted by Crippen LogP contribution is 2.30. The number of benzene rings is 1. The highest BCUT2D eigenvalue weighted by Gasteiger charge is 2.30. The van der Waals surface area contributed by atoms with Gasteiger partial charge in [0.1, 0.15) is 5.75 Å². The fourth-order valence-electron chi connectivity index (χ4n) is 3.66. The normalized spacial score (nSPS) is 16.4. The highest BCUT2D eigenvalue weighted by atomic mass is 16.5. The first kappa shape index (κ1) is 20.8. The summed E-state index contributed by atoms with van der Waals surface area (Å²) in [5, 5.41) is 2.85. The number of nitrogens with zero attached hydrogens (tertiary/aromatic N) is 3. The Morgan fingerprint density at radius 2 is 2.07 bits per heavy atom. The average molecular weight is 396 g/mol. The lowest BCUT2D eigenvalue weighted by Crippen LogP contribution is -2.39. The molecule has 7 heteroatoms. The van der Waals surface area contributed by atoms with E-state index >= 15 is 0 Å². The lowest BCUT2D eigenvalue weighted by Gasteiger charge is -2.35. The van der Waals surface area contributed by atoms with Crippen molar-refractivity contribution in [3.63, 3.8) is 0 Å². The van der Waals surface area contributed by atoms with Crippen molar-refractivity contribution in [2.45, 2.75) is 52.0 Å². The number of carbonyl (C=O) groups is 2. The summed E-state index contributed by atoms with van der Waals surface area (Å²) < 4.78 is 5.28. The van der Waals surface area contributed by atoms with Gasteiger partial charge in [-0.15, -0.1) is 0 Å². The fraction of sp³-hybridized carbons (Fsp3) is 0.455. The van der Waals surface area contributed by atoms with Gasteiger partial charge in [0.2, 0.25) is 5.91 Å². The molecule has 0 spiro atoms. The summed E-state index contributed by atoms with van der Waals surface area (Å²) in [7, 11) is 1.56. The molecule has 2 heterocycles. The van der Waals surface area contributed by atoms with Crippen LogP contribution >= 0.6 is 0 Å². The number of ether oxygens (including phenoxy) is 1. The fourth-order valence-corrected chi connectivity index (χ4v) is 3.66. The molecular formula is C22H28N4O3. The zero-order valence-electron chi connectivity index (χ0n) is 17.3. The third-order valence-electron chi connectivity index (χ3n) is 5.18. The molecule has 0 aliphatic carbocycles. The van der Waals surface area contributed by atoms with E-state index in [2.05, 4.69) is 15.3 Å². The Kier molecular flexibility index (Phi) is 6.80. The van der Waals surface area contributed by atoms with Crippen molar-refractivity contribution >= 4 is 17.5 Å². The molecule has 1 aromatic carbocycles. The van der Waals surface area contributed by atoms with Crippen LogP contribution in [0.25, 0.3) is 0 Å². The van der Waals surface area contributed by atoms with Gasteiger partial charge in [0.25, 0.3) is 5.91 Å². The van der Waals surface area contributed by atoms with Crippen molar-refractivity contribution in [2.75, 3.05) is 19.0 Å². The molecule has 154 valence electrons. The van der Waals surface area contributed by atoms with Gasteiger partial charge in [0, 0.05) is 19.2 Å². The number of aromatic nitrogens is 2. The molecule has 1 aliphatic rings. The number of nitrogens with one attached hydrogen (secondary N) is 1. The van der Waals surface area contributed by atoms with Crippen LogP contribution in [0.4, 0.5) is 5.69 Å². The topological polar surface area (TPSA) is 84.4 Å². The maximum absolute atomic E-state index is 12.7. The Hall–Kier alpha value is -2.96. The Bertz CT molecular complexity index is 884. The highest BCUT2D eigenvalue weighted by molar-refractivity contribution is 6.05. The second-order valence-electron chi connectivity index (χ2n) is 7.23. The summed E-state index contributed by atoms with van der Waals surface area (Å²) in [6.45, 7) is 4.54. The predicted molar refractivity (Wildman–Crippen MR) is 111 cm³/mol.